The lowest BCUT2D eigenvalue weighted by atomic mass is 10.0. The molecule has 6 atom stereocenters. The second-order valence-electron chi connectivity index (χ2n) is 18.2. The van der Waals surface area contributed by atoms with Crippen LogP contribution in [0.5, 0.6) is 11.5 Å². The molecule has 6 aromatic rings. The first-order chi connectivity index (χ1) is 34.5. The van der Waals surface area contributed by atoms with Crippen LogP contribution in [-0.2, 0) is 32.0 Å². The number of nitrogen functional groups attached to an aromatic ring is 1. The molecule has 2 fully saturated rings. The summed E-state index contributed by atoms with van der Waals surface area (Å²) in [4.78, 5) is 4.71. The summed E-state index contributed by atoms with van der Waals surface area (Å²) < 4.78 is 23.6. The summed E-state index contributed by atoms with van der Waals surface area (Å²) in [5.41, 5.74) is 11.4. The molecule has 11 nitrogen and oxygen atoms in total. The smallest absolute Gasteiger partial charge is 0.157 e. The quantitative estimate of drug-likeness (QED) is 0.0368. The molecule has 2 saturated heterocycles. The van der Waals surface area contributed by atoms with Crippen LogP contribution in [0.2, 0.25) is 10.0 Å². The minimum absolute atomic E-state index is 0.00824. The van der Waals surface area contributed by atoms with Crippen LogP contribution >= 0.6 is 23.2 Å². The maximum atomic E-state index is 10.8. The molecule has 0 aliphatic carbocycles. The first kappa shape index (κ1) is 55.1. The summed E-state index contributed by atoms with van der Waals surface area (Å²) in [5, 5.41) is 34.2. The number of nitrogens with one attached hydrogen (secondary N) is 1. The lowest BCUT2D eigenvalue weighted by molar-refractivity contribution is -0.170. The van der Waals surface area contributed by atoms with Crippen molar-refractivity contribution in [2.75, 3.05) is 50.6 Å². The van der Waals surface area contributed by atoms with Gasteiger partial charge in [0.15, 0.2) is 12.6 Å². The predicted molar refractivity (Wildman–Crippen MR) is 287 cm³/mol. The number of nitrogens with two attached hydrogens (primary N) is 1. The monoisotopic (exact) mass is 1010 g/mol. The Kier molecular flexibility index (Phi) is 23.3. The summed E-state index contributed by atoms with van der Waals surface area (Å²) in [6.45, 7) is 9.92. The van der Waals surface area contributed by atoms with Crippen molar-refractivity contribution in [1.29, 1.82) is 0 Å². The number of nitrogens with zero attached hydrogens (tertiary/aromatic N) is 2. The lowest BCUT2D eigenvalue weighted by Crippen LogP contribution is -2.41. The van der Waals surface area contributed by atoms with Gasteiger partial charge in [-0.15, -0.1) is 0 Å². The fourth-order valence-corrected chi connectivity index (χ4v) is 8.49. The van der Waals surface area contributed by atoms with E-state index in [1.165, 1.54) is 11.1 Å². The first-order valence-electron chi connectivity index (χ1n) is 24.8. The number of rotatable bonds is 20. The van der Waals surface area contributed by atoms with Crippen LogP contribution in [0.15, 0.2) is 158 Å². The summed E-state index contributed by atoms with van der Waals surface area (Å²) in [5.74, 6) is 0.499. The van der Waals surface area contributed by atoms with Crippen molar-refractivity contribution in [3.63, 3.8) is 0 Å². The molecule has 0 aromatic heterocycles. The standard InChI is InChI=1S/C29H35ClN2O3.C23H30ClNO3.C6H7NO/c1-22(21-35-29-9-5-6-18-34-29)32(19-23-7-3-2-4-8-23)20-28(24-10-12-25(30)13-11-24)31-26-14-16-27(33)17-15-26;1-18(17-28-23-9-5-6-14-27-23)25(15-19-7-3-2-4-8-19)16-22(26)20-10-12-21(24)13-11-20;7-5-1-3-6(8)4-2-5/h2-4,7-8,10-17,22,28-29,31,33H,5-6,9,18-21H2,1H3;2-4,7-8,10-13,18,22-23,26H,5-6,9,14-17H2,1H3;1-4,8H,7H2/t22-,28+,29?;18-,22+,23?;/m11./s1. The van der Waals surface area contributed by atoms with Crippen molar-refractivity contribution in [2.45, 2.75) is 102 Å². The molecule has 2 aliphatic heterocycles. The second-order valence-corrected chi connectivity index (χ2v) is 19.1. The molecule has 0 saturated carbocycles. The number of aliphatic hydroxyl groups is 1. The number of aromatic hydroxyl groups is 2. The van der Waals surface area contributed by atoms with E-state index in [0.29, 0.717) is 35.5 Å². The summed E-state index contributed by atoms with van der Waals surface area (Å²) in [6.07, 6.45) is 5.66. The number of hydrogen-bond acceptors (Lipinski definition) is 11. The van der Waals surface area contributed by atoms with Crippen molar-refractivity contribution in [1.82, 2.24) is 9.80 Å². The van der Waals surface area contributed by atoms with Gasteiger partial charge in [-0.2, -0.15) is 0 Å². The number of hydrogen-bond donors (Lipinski definition) is 5. The van der Waals surface area contributed by atoms with E-state index in [1.807, 2.05) is 72.8 Å². The number of anilines is 2. The van der Waals surface area contributed by atoms with Gasteiger partial charge < -0.3 is 45.3 Å². The van der Waals surface area contributed by atoms with E-state index in [0.717, 1.165) is 88.2 Å². The number of aliphatic hydroxyl groups excluding tert-OH is 1. The first-order valence-corrected chi connectivity index (χ1v) is 25.5. The van der Waals surface area contributed by atoms with Gasteiger partial charge in [-0.3, -0.25) is 9.80 Å². The van der Waals surface area contributed by atoms with Gasteiger partial charge in [-0.1, -0.05) is 108 Å². The van der Waals surface area contributed by atoms with Crippen LogP contribution in [0.25, 0.3) is 0 Å². The van der Waals surface area contributed by atoms with Crippen LogP contribution in [-0.4, -0.2) is 89.3 Å². The molecule has 71 heavy (non-hydrogen) atoms. The molecule has 0 amide bonds. The highest BCUT2D eigenvalue weighted by Gasteiger charge is 2.25. The average Bonchev–Trinajstić information content (AvgIpc) is 3.40. The number of benzene rings is 6. The van der Waals surface area contributed by atoms with Crippen molar-refractivity contribution in [2.24, 2.45) is 0 Å². The highest BCUT2D eigenvalue weighted by atomic mass is 35.5. The topological polar surface area (TPSA) is 142 Å². The molecule has 0 bridgehead atoms. The molecule has 8 rings (SSSR count). The van der Waals surface area contributed by atoms with E-state index >= 15 is 0 Å². The second kappa shape index (κ2) is 30.0. The van der Waals surface area contributed by atoms with Gasteiger partial charge >= 0.3 is 0 Å². The third kappa shape index (κ3) is 20.1. The molecule has 6 N–H and O–H groups in total. The highest BCUT2D eigenvalue weighted by molar-refractivity contribution is 6.30. The largest absolute Gasteiger partial charge is 0.508 e. The highest BCUT2D eigenvalue weighted by Crippen LogP contribution is 2.27. The minimum Gasteiger partial charge on any atom is -0.508 e. The fourth-order valence-electron chi connectivity index (χ4n) is 8.24. The van der Waals surface area contributed by atoms with E-state index in [9.17, 15) is 10.2 Å². The summed E-state index contributed by atoms with van der Waals surface area (Å²) in [7, 11) is 0. The third-order valence-corrected chi connectivity index (χ3v) is 13.0. The Labute approximate surface area is 431 Å². The van der Waals surface area contributed by atoms with E-state index in [2.05, 4.69) is 77.5 Å². The molecule has 2 heterocycles. The fraction of sp³-hybridized carbons (Fsp3) is 0.379. The van der Waals surface area contributed by atoms with E-state index in [4.69, 9.17) is 53.0 Å². The Morgan fingerprint density at radius 2 is 1.01 bits per heavy atom. The third-order valence-electron chi connectivity index (χ3n) is 12.5. The average molecular weight is 1010 g/mol. The van der Waals surface area contributed by atoms with Crippen molar-refractivity contribution in [3.05, 3.63) is 190 Å². The molecular weight excluding hydrogens is 936 g/mol. The Morgan fingerprint density at radius 3 is 1.45 bits per heavy atom. The number of phenolic OH excluding ortho intramolecular Hbond substituents is 2. The minimum atomic E-state index is -0.589. The maximum absolute atomic E-state index is 10.8. The van der Waals surface area contributed by atoms with Crippen LogP contribution < -0.4 is 11.1 Å². The number of halogens is 2. The molecule has 6 aromatic carbocycles. The molecule has 0 spiro atoms. The number of ether oxygens (including phenoxy) is 4. The summed E-state index contributed by atoms with van der Waals surface area (Å²) >= 11 is 12.2. The zero-order chi connectivity index (χ0) is 50.2. The lowest BCUT2D eigenvalue weighted by Gasteiger charge is -2.34. The van der Waals surface area contributed by atoms with Gasteiger partial charge in [0.25, 0.3) is 0 Å². The van der Waals surface area contributed by atoms with Gasteiger partial charge in [0.1, 0.15) is 11.5 Å². The normalized spacial score (nSPS) is 17.5. The van der Waals surface area contributed by atoms with Crippen LogP contribution in [0.1, 0.15) is 86.8 Å². The number of phenols is 2. The van der Waals surface area contributed by atoms with Gasteiger partial charge in [0, 0.05) is 72.9 Å². The van der Waals surface area contributed by atoms with Crippen LogP contribution in [0, 0.1) is 0 Å². The Bertz CT molecular complexity index is 2320. The molecule has 2 unspecified atom stereocenters. The van der Waals surface area contributed by atoms with E-state index in [1.54, 1.807) is 36.4 Å². The predicted octanol–water partition coefficient (Wildman–Crippen LogP) is 12.4. The van der Waals surface area contributed by atoms with Crippen molar-refractivity contribution >= 4 is 34.6 Å². The molecule has 380 valence electrons. The molecule has 2 aliphatic rings. The van der Waals surface area contributed by atoms with Crippen LogP contribution in [0.4, 0.5) is 11.4 Å². The van der Waals surface area contributed by atoms with Gasteiger partial charge in [0.05, 0.1) is 25.4 Å². The molecule has 13 heteroatoms. The Morgan fingerprint density at radius 1 is 0.577 bits per heavy atom. The van der Waals surface area contributed by atoms with E-state index in [-0.39, 0.29) is 42.2 Å². The molecule has 0 radical (unpaired) electrons. The van der Waals surface area contributed by atoms with Crippen LogP contribution in [0.3, 0.4) is 0 Å². The summed E-state index contributed by atoms with van der Waals surface area (Å²) in [6, 6.07) is 50.1. The van der Waals surface area contributed by atoms with Gasteiger partial charge in [-0.05, 0) is 147 Å². The van der Waals surface area contributed by atoms with Crippen molar-refractivity contribution in [3.8, 4) is 11.5 Å². The zero-order valence-electron chi connectivity index (χ0n) is 41.1. The Hall–Kier alpha value is -5.18. The van der Waals surface area contributed by atoms with E-state index < -0.39 is 6.10 Å². The van der Waals surface area contributed by atoms with Gasteiger partial charge in [-0.25, -0.2) is 0 Å². The zero-order valence-corrected chi connectivity index (χ0v) is 42.6. The Balaban J connectivity index is 0.000000204. The maximum Gasteiger partial charge on any atom is 0.157 e. The van der Waals surface area contributed by atoms with Gasteiger partial charge in [0.2, 0.25) is 0 Å². The SMILES string of the molecule is C[C@H](COC1CCCCO1)N(Cc1ccccc1)C[C@H](Nc1ccc(O)cc1)c1ccc(Cl)cc1.C[C@H](COC1CCCCO1)N(Cc1ccccc1)C[C@H](O)c1ccc(Cl)cc1.Nc1ccc(O)cc1. The van der Waals surface area contributed by atoms with Crippen molar-refractivity contribution < 1.29 is 34.3 Å². The molecular formula is C58H72Cl2N4O7.